The fraction of sp³-hybridized carbons (Fsp3) is 0.0714. The van der Waals surface area contributed by atoms with Gasteiger partial charge in [0.05, 0.1) is 13.3 Å². The number of pyridine rings is 1. The maximum atomic E-state index is 11.7. The van der Waals surface area contributed by atoms with Gasteiger partial charge in [0.25, 0.3) is 5.91 Å². The lowest BCUT2D eigenvalue weighted by Gasteiger charge is -2.03. The molecule has 108 valence electrons. The summed E-state index contributed by atoms with van der Waals surface area (Å²) in [4.78, 5) is 11.7. The Balaban J connectivity index is 2.02. The summed E-state index contributed by atoms with van der Waals surface area (Å²) in [5.41, 5.74) is 3.07. The average molecular weight is 287 g/mol. The molecule has 2 aromatic rings. The molecule has 1 aromatic heterocycles. The van der Waals surface area contributed by atoms with Crippen LogP contribution in [0, 0.1) is 5.21 Å². The van der Waals surface area contributed by atoms with Crippen molar-refractivity contribution in [3.05, 3.63) is 59.1 Å². The summed E-state index contributed by atoms with van der Waals surface area (Å²) < 4.78 is 5.44. The number of nitrogens with one attached hydrogen (secondary N) is 1. The molecular weight excluding hydrogens is 274 g/mol. The van der Waals surface area contributed by atoms with Crippen LogP contribution in [0.25, 0.3) is 0 Å². The summed E-state index contributed by atoms with van der Waals surface area (Å²) in [5, 5.41) is 24.4. The van der Waals surface area contributed by atoms with E-state index in [1.165, 1.54) is 37.7 Å². The van der Waals surface area contributed by atoms with E-state index in [-0.39, 0.29) is 11.3 Å². The Kier molecular flexibility index (Phi) is 4.35. The van der Waals surface area contributed by atoms with E-state index >= 15 is 0 Å². The van der Waals surface area contributed by atoms with Gasteiger partial charge >= 0.3 is 0 Å². The van der Waals surface area contributed by atoms with Crippen LogP contribution in [0.1, 0.15) is 15.9 Å². The number of benzene rings is 1. The van der Waals surface area contributed by atoms with E-state index in [4.69, 9.17) is 4.74 Å². The average Bonchev–Trinajstić information content (AvgIpc) is 2.47. The second-order valence-corrected chi connectivity index (χ2v) is 4.08. The molecule has 2 rings (SSSR count). The first-order valence-electron chi connectivity index (χ1n) is 5.99. The van der Waals surface area contributed by atoms with E-state index in [1.807, 2.05) is 0 Å². The van der Waals surface area contributed by atoms with Crippen molar-refractivity contribution in [2.24, 2.45) is 5.10 Å². The molecule has 0 fully saturated rings. The topological polar surface area (TPSA) is 97.9 Å². The van der Waals surface area contributed by atoms with Gasteiger partial charge in [0.15, 0.2) is 23.9 Å². The van der Waals surface area contributed by atoms with Crippen molar-refractivity contribution in [2.45, 2.75) is 0 Å². The number of aromatic hydroxyl groups is 1. The Morgan fingerprint density at radius 1 is 1.48 bits per heavy atom. The fourth-order valence-electron chi connectivity index (χ4n) is 1.61. The number of carbonyl (C=O) groups is 1. The van der Waals surface area contributed by atoms with Crippen molar-refractivity contribution in [3.8, 4) is 11.5 Å². The van der Waals surface area contributed by atoms with Gasteiger partial charge in [-0.3, -0.25) is 4.79 Å². The van der Waals surface area contributed by atoms with E-state index < -0.39 is 5.91 Å². The van der Waals surface area contributed by atoms with Crippen LogP contribution in [0.5, 0.6) is 11.5 Å². The summed E-state index contributed by atoms with van der Waals surface area (Å²) in [6.45, 7) is 0. The van der Waals surface area contributed by atoms with E-state index in [1.54, 1.807) is 12.1 Å². The number of aromatic nitrogens is 1. The molecule has 0 bridgehead atoms. The lowest BCUT2D eigenvalue weighted by atomic mass is 10.2. The molecule has 0 saturated heterocycles. The summed E-state index contributed by atoms with van der Waals surface area (Å²) in [6.07, 6.45) is 3.79. The maximum Gasteiger partial charge on any atom is 0.277 e. The summed E-state index contributed by atoms with van der Waals surface area (Å²) >= 11 is 0. The predicted octanol–water partition coefficient (Wildman–Crippen LogP) is 0.798. The van der Waals surface area contributed by atoms with E-state index in [0.29, 0.717) is 16.0 Å². The van der Waals surface area contributed by atoms with Gasteiger partial charge < -0.3 is 15.1 Å². The second-order valence-electron chi connectivity index (χ2n) is 4.08. The predicted molar refractivity (Wildman–Crippen MR) is 75.1 cm³/mol. The number of hydrazone groups is 1. The monoisotopic (exact) mass is 287 g/mol. The first kappa shape index (κ1) is 14.3. The number of carbonyl (C=O) groups excluding carboxylic acids is 1. The SMILES string of the molecule is COc1ccc(/C=N\NC(=O)c2ccc[n+]([O-])c2)cc1O. The van der Waals surface area contributed by atoms with Crippen LogP contribution in [0.3, 0.4) is 0 Å². The third kappa shape index (κ3) is 3.69. The van der Waals surface area contributed by atoms with Crippen LogP contribution in [-0.2, 0) is 0 Å². The molecule has 21 heavy (non-hydrogen) atoms. The van der Waals surface area contributed by atoms with Crippen LogP contribution in [0.4, 0.5) is 0 Å². The number of rotatable bonds is 4. The highest BCUT2D eigenvalue weighted by atomic mass is 16.5. The maximum absolute atomic E-state index is 11.7. The van der Waals surface area contributed by atoms with Gasteiger partial charge in [-0.15, -0.1) is 0 Å². The van der Waals surface area contributed by atoms with Gasteiger partial charge in [0.2, 0.25) is 0 Å². The quantitative estimate of drug-likeness (QED) is 0.376. The second kappa shape index (κ2) is 6.38. The van der Waals surface area contributed by atoms with Crippen molar-refractivity contribution in [1.29, 1.82) is 0 Å². The van der Waals surface area contributed by atoms with Crippen LogP contribution < -0.4 is 14.9 Å². The number of methoxy groups -OCH3 is 1. The molecule has 1 aromatic carbocycles. The number of hydrogen-bond acceptors (Lipinski definition) is 5. The van der Waals surface area contributed by atoms with Crippen molar-refractivity contribution < 1.29 is 19.4 Å². The fourth-order valence-corrected chi connectivity index (χ4v) is 1.61. The van der Waals surface area contributed by atoms with E-state index in [9.17, 15) is 15.1 Å². The molecule has 0 spiro atoms. The number of phenols is 1. The molecule has 0 radical (unpaired) electrons. The molecule has 7 nitrogen and oxygen atoms in total. The molecule has 1 heterocycles. The lowest BCUT2D eigenvalue weighted by molar-refractivity contribution is -0.605. The number of phenolic OH excluding ortho intramolecular Hbond substituents is 1. The van der Waals surface area contributed by atoms with Gasteiger partial charge in [-0.05, 0) is 29.8 Å². The molecular formula is C14H13N3O4. The normalized spacial score (nSPS) is 10.5. The van der Waals surface area contributed by atoms with Gasteiger partial charge in [0.1, 0.15) is 5.56 Å². The van der Waals surface area contributed by atoms with Crippen molar-refractivity contribution in [1.82, 2.24) is 5.43 Å². The van der Waals surface area contributed by atoms with Gasteiger partial charge in [-0.25, -0.2) is 5.43 Å². The van der Waals surface area contributed by atoms with Gasteiger partial charge in [-0.2, -0.15) is 9.83 Å². The summed E-state index contributed by atoms with van der Waals surface area (Å²) in [6, 6.07) is 7.66. The standard InChI is InChI=1S/C14H13N3O4/c1-21-13-5-4-10(7-12(13)18)8-15-16-14(19)11-3-2-6-17(20)9-11/h2-9,18H,1H3,(H,16,19)/b15-8-. The molecule has 1 amide bonds. The Morgan fingerprint density at radius 2 is 2.29 bits per heavy atom. The molecule has 0 saturated carbocycles. The zero-order valence-corrected chi connectivity index (χ0v) is 11.2. The van der Waals surface area contributed by atoms with Crippen LogP contribution >= 0.6 is 0 Å². The third-order valence-corrected chi connectivity index (χ3v) is 2.62. The Labute approximate surface area is 120 Å². The highest BCUT2D eigenvalue weighted by Crippen LogP contribution is 2.25. The smallest absolute Gasteiger partial charge is 0.277 e. The van der Waals surface area contributed by atoms with Crippen LogP contribution in [0.2, 0.25) is 0 Å². The lowest BCUT2D eigenvalue weighted by Crippen LogP contribution is -2.28. The van der Waals surface area contributed by atoms with Gasteiger partial charge in [0, 0.05) is 6.07 Å². The summed E-state index contributed by atoms with van der Waals surface area (Å²) in [7, 11) is 1.45. The molecule has 0 aliphatic rings. The van der Waals surface area contributed by atoms with Crippen molar-refractivity contribution >= 4 is 12.1 Å². The van der Waals surface area contributed by atoms with Gasteiger partial charge in [-0.1, -0.05) is 0 Å². The van der Waals surface area contributed by atoms with Crippen LogP contribution in [-0.4, -0.2) is 24.3 Å². The van der Waals surface area contributed by atoms with Crippen molar-refractivity contribution in [2.75, 3.05) is 7.11 Å². The number of hydrogen-bond donors (Lipinski definition) is 2. The summed E-state index contributed by atoms with van der Waals surface area (Å²) in [5.74, 6) is -0.183. The Morgan fingerprint density at radius 3 is 2.95 bits per heavy atom. The molecule has 2 N–H and O–H groups in total. The largest absolute Gasteiger partial charge is 0.619 e. The molecule has 0 aliphatic heterocycles. The van der Waals surface area contributed by atoms with E-state index in [0.717, 1.165) is 6.20 Å². The number of ether oxygens (including phenoxy) is 1. The molecule has 7 heteroatoms. The minimum atomic E-state index is -0.505. The third-order valence-electron chi connectivity index (χ3n) is 2.62. The van der Waals surface area contributed by atoms with Crippen LogP contribution in [0.15, 0.2) is 47.8 Å². The number of nitrogens with zero attached hydrogens (tertiary/aromatic N) is 2. The van der Waals surface area contributed by atoms with E-state index in [2.05, 4.69) is 10.5 Å². The molecule has 0 aliphatic carbocycles. The Hall–Kier alpha value is -3.09. The highest BCUT2D eigenvalue weighted by Gasteiger charge is 2.07. The highest BCUT2D eigenvalue weighted by molar-refractivity contribution is 5.94. The minimum Gasteiger partial charge on any atom is -0.619 e. The van der Waals surface area contributed by atoms with Crippen molar-refractivity contribution in [3.63, 3.8) is 0 Å². The number of amides is 1. The first-order valence-corrected chi connectivity index (χ1v) is 5.99. The molecule has 0 unspecified atom stereocenters. The first-order chi connectivity index (χ1) is 10.1. The Bertz CT molecular complexity index is 686. The minimum absolute atomic E-state index is 0.0248. The zero-order chi connectivity index (χ0) is 15.2. The molecule has 0 atom stereocenters. The zero-order valence-electron chi connectivity index (χ0n) is 11.2.